The Hall–Kier alpha value is -1.31. The van der Waals surface area contributed by atoms with Crippen molar-refractivity contribution >= 4 is 17.1 Å². The first kappa shape index (κ1) is 12.8. The van der Waals surface area contributed by atoms with Crippen LogP contribution in [-0.4, -0.2) is 11.6 Å². The lowest BCUT2D eigenvalue weighted by atomic mass is 10.3. The van der Waals surface area contributed by atoms with E-state index >= 15 is 0 Å². The van der Waals surface area contributed by atoms with Gasteiger partial charge in [-0.3, -0.25) is 0 Å². The summed E-state index contributed by atoms with van der Waals surface area (Å²) in [5.74, 6) is -12.6. The quantitative estimate of drug-likeness (QED) is 0.335. The monoisotopic (exact) mass is 258 g/mol. The van der Waals surface area contributed by atoms with E-state index < -0.39 is 40.1 Å². The highest BCUT2D eigenvalue weighted by molar-refractivity contribution is 8.12. The zero-order chi connectivity index (χ0) is 12.5. The molecule has 0 bridgehead atoms. The number of hydrogen-bond acceptors (Lipinski definition) is 3. The highest BCUT2D eigenvalue weighted by Gasteiger charge is 2.28. The molecule has 0 atom stereocenters. The summed E-state index contributed by atoms with van der Waals surface area (Å²) in [5, 5.41) is -1.19. The number of rotatable bonds is 1. The summed E-state index contributed by atoms with van der Waals surface area (Å²) in [5.41, 5.74) is 0. The van der Waals surface area contributed by atoms with Crippen LogP contribution in [0.15, 0.2) is 0 Å². The Morgan fingerprint density at radius 1 is 0.938 bits per heavy atom. The van der Waals surface area contributed by atoms with Crippen LogP contribution in [0.25, 0.3) is 0 Å². The van der Waals surface area contributed by atoms with E-state index in [1.54, 1.807) is 0 Å². The number of carbonyl (C=O) groups excluding carboxylic acids is 1. The first-order chi connectivity index (χ1) is 7.40. The summed E-state index contributed by atoms with van der Waals surface area (Å²) in [6, 6.07) is 0. The molecule has 0 aliphatic carbocycles. The van der Waals surface area contributed by atoms with Gasteiger partial charge < -0.3 is 4.74 Å². The van der Waals surface area contributed by atoms with Crippen LogP contribution >= 0.6 is 11.8 Å². The van der Waals surface area contributed by atoms with Gasteiger partial charge >= 0.3 is 5.30 Å². The van der Waals surface area contributed by atoms with E-state index in [9.17, 15) is 26.7 Å². The van der Waals surface area contributed by atoms with Crippen LogP contribution in [0.4, 0.5) is 26.7 Å². The maximum absolute atomic E-state index is 12.9. The lowest BCUT2D eigenvalue weighted by Gasteiger charge is -2.07. The largest absolute Gasteiger partial charge is 0.412 e. The highest BCUT2D eigenvalue weighted by atomic mass is 32.2. The molecule has 0 unspecified atom stereocenters. The van der Waals surface area contributed by atoms with Gasteiger partial charge in [0.15, 0.2) is 0 Å². The van der Waals surface area contributed by atoms with Gasteiger partial charge in [-0.2, -0.15) is 8.78 Å². The second kappa shape index (κ2) is 4.69. The number of ether oxygens (including phenoxy) is 1. The van der Waals surface area contributed by atoms with Crippen molar-refractivity contribution in [1.29, 1.82) is 0 Å². The fourth-order valence-corrected chi connectivity index (χ4v) is 0.966. The molecule has 0 aliphatic rings. The Kier molecular flexibility index (Phi) is 3.74. The Labute approximate surface area is 90.4 Å². The van der Waals surface area contributed by atoms with Crippen LogP contribution in [0.1, 0.15) is 0 Å². The van der Waals surface area contributed by atoms with E-state index in [1.807, 2.05) is 0 Å². The first-order valence-corrected chi connectivity index (χ1v) is 4.89. The molecular weight excluding hydrogens is 255 g/mol. The molecule has 0 N–H and O–H groups in total. The van der Waals surface area contributed by atoms with Crippen molar-refractivity contribution in [2.24, 2.45) is 0 Å². The van der Waals surface area contributed by atoms with E-state index in [4.69, 9.17) is 0 Å². The van der Waals surface area contributed by atoms with Crippen LogP contribution in [0.2, 0.25) is 0 Å². The third kappa shape index (κ3) is 2.11. The maximum Gasteiger partial charge on any atom is 0.372 e. The van der Waals surface area contributed by atoms with Gasteiger partial charge in [-0.15, -0.1) is 0 Å². The smallest absolute Gasteiger partial charge is 0.372 e. The highest BCUT2D eigenvalue weighted by Crippen LogP contribution is 2.29. The third-order valence-electron chi connectivity index (χ3n) is 1.52. The number of hydrogen-bond donors (Lipinski definition) is 0. The molecule has 0 spiro atoms. The van der Waals surface area contributed by atoms with E-state index in [1.165, 1.54) is 6.26 Å². The standard InChI is InChI=1S/C8H3F5O2S/c1-16-8(14)15-7-5(12)3(10)2(9)4(11)6(7)13/h1H3. The zero-order valence-electron chi connectivity index (χ0n) is 7.61. The molecule has 1 aromatic carbocycles. The molecule has 1 aromatic rings. The Morgan fingerprint density at radius 2 is 1.31 bits per heavy atom. The molecule has 0 saturated heterocycles. The van der Waals surface area contributed by atoms with Gasteiger partial charge in [0.1, 0.15) is 0 Å². The van der Waals surface area contributed by atoms with Gasteiger partial charge in [-0.05, 0) is 18.0 Å². The van der Waals surface area contributed by atoms with Gasteiger partial charge in [0.05, 0.1) is 0 Å². The molecule has 0 radical (unpaired) electrons. The van der Waals surface area contributed by atoms with Crippen LogP contribution < -0.4 is 4.74 Å². The van der Waals surface area contributed by atoms with Crippen molar-refractivity contribution in [3.05, 3.63) is 29.1 Å². The molecule has 0 aromatic heterocycles. The van der Waals surface area contributed by atoms with Crippen molar-refractivity contribution < 1.29 is 31.5 Å². The van der Waals surface area contributed by atoms with Crippen molar-refractivity contribution in [1.82, 2.24) is 0 Å². The van der Waals surface area contributed by atoms with Crippen molar-refractivity contribution in [3.8, 4) is 5.75 Å². The minimum absolute atomic E-state index is 0.420. The second-order valence-electron chi connectivity index (χ2n) is 2.46. The normalized spacial score (nSPS) is 10.4. The summed E-state index contributed by atoms with van der Waals surface area (Å²) >= 11 is 0.420. The summed E-state index contributed by atoms with van der Waals surface area (Å²) in [7, 11) is 0. The van der Waals surface area contributed by atoms with Gasteiger partial charge in [0.2, 0.25) is 34.8 Å². The van der Waals surface area contributed by atoms with Crippen LogP contribution in [0.3, 0.4) is 0 Å². The second-order valence-corrected chi connectivity index (χ2v) is 3.20. The number of halogens is 5. The molecule has 0 amide bonds. The lowest BCUT2D eigenvalue weighted by Crippen LogP contribution is -2.09. The predicted octanol–water partition coefficient (Wildman–Crippen LogP) is 3.24. The first-order valence-electron chi connectivity index (χ1n) is 3.67. The minimum Gasteiger partial charge on any atom is -0.412 e. The minimum atomic E-state index is -2.31. The summed E-state index contributed by atoms with van der Waals surface area (Å²) in [6.45, 7) is 0. The number of carbonyl (C=O) groups is 1. The molecule has 88 valence electrons. The molecule has 16 heavy (non-hydrogen) atoms. The molecular formula is C8H3F5O2S. The van der Waals surface area contributed by atoms with E-state index in [0.717, 1.165) is 0 Å². The Balaban J connectivity index is 3.34. The van der Waals surface area contributed by atoms with Gasteiger partial charge in [0.25, 0.3) is 0 Å². The van der Waals surface area contributed by atoms with Crippen molar-refractivity contribution in [2.45, 2.75) is 0 Å². The summed E-state index contributed by atoms with van der Waals surface area (Å²) < 4.78 is 67.5. The van der Waals surface area contributed by atoms with E-state index in [2.05, 4.69) is 4.74 Å². The fourth-order valence-electron chi connectivity index (χ4n) is 0.799. The van der Waals surface area contributed by atoms with Crippen molar-refractivity contribution in [3.63, 3.8) is 0 Å². The predicted molar refractivity (Wildman–Crippen MR) is 45.8 cm³/mol. The van der Waals surface area contributed by atoms with Crippen LogP contribution in [0, 0.1) is 29.1 Å². The fraction of sp³-hybridized carbons (Fsp3) is 0.125. The van der Waals surface area contributed by atoms with Crippen molar-refractivity contribution in [2.75, 3.05) is 6.26 Å². The lowest BCUT2D eigenvalue weighted by molar-refractivity contribution is 0.219. The molecule has 0 saturated carbocycles. The van der Waals surface area contributed by atoms with E-state index in [-0.39, 0.29) is 0 Å². The van der Waals surface area contributed by atoms with Crippen LogP contribution in [-0.2, 0) is 0 Å². The zero-order valence-corrected chi connectivity index (χ0v) is 8.43. The van der Waals surface area contributed by atoms with Gasteiger partial charge in [-0.1, -0.05) is 0 Å². The molecule has 8 heteroatoms. The SMILES string of the molecule is CSC(=O)Oc1c(F)c(F)c(F)c(F)c1F. The summed E-state index contributed by atoms with van der Waals surface area (Å²) in [4.78, 5) is 10.7. The Bertz CT molecular complexity index is 420. The van der Waals surface area contributed by atoms with Gasteiger partial charge in [0, 0.05) is 0 Å². The molecule has 2 nitrogen and oxygen atoms in total. The molecule has 0 aliphatic heterocycles. The molecule has 0 heterocycles. The van der Waals surface area contributed by atoms with E-state index in [0.29, 0.717) is 11.8 Å². The Morgan fingerprint density at radius 3 is 1.69 bits per heavy atom. The van der Waals surface area contributed by atoms with Gasteiger partial charge in [-0.25, -0.2) is 18.0 Å². The summed E-state index contributed by atoms with van der Waals surface area (Å²) in [6.07, 6.45) is 1.22. The molecule has 1 rings (SSSR count). The van der Waals surface area contributed by atoms with Crippen LogP contribution in [0.5, 0.6) is 5.75 Å². The average molecular weight is 258 g/mol. The number of benzene rings is 1. The third-order valence-corrected chi connectivity index (χ3v) is 1.94. The molecule has 0 fully saturated rings. The number of thioether (sulfide) groups is 1. The maximum atomic E-state index is 12.9. The topological polar surface area (TPSA) is 26.3 Å². The average Bonchev–Trinajstić information content (AvgIpc) is 2.29.